The lowest BCUT2D eigenvalue weighted by Gasteiger charge is -2.14. The topological polar surface area (TPSA) is 17.8 Å². The minimum atomic E-state index is 1.17. The quantitative estimate of drug-likeness (QED) is 0.175. The van der Waals surface area contributed by atoms with Crippen LogP contribution in [0.1, 0.15) is 0 Å². The van der Waals surface area contributed by atoms with Gasteiger partial charge in [-0.2, -0.15) is 0 Å². The van der Waals surface area contributed by atoms with Crippen molar-refractivity contribution in [1.82, 2.24) is 9.55 Å². The molecule has 0 radical (unpaired) electrons. The molecule has 0 bridgehead atoms. The predicted molar refractivity (Wildman–Crippen MR) is 217 cm³/mol. The number of rotatable bonds is 3. The van der Waals surface area contributed by atoms with Crippen molar-refractivity contribution in [2.45, 2.75) is 0 Å². The molecule has 11 rings (SSSR count). The van der Waals surface area contributed by atoms with Gasteiger partial charge in [-0.05, 0) is 131 Å². The van der Waals surface area contributed by atoms with Gasteiger partial charge in [0.05, 0.1) is 11.0 Å². The molecule has 2 heterocycles. The molecule has 11 aromatic rings. The molecule has 0 atom stereocenters. The lowest BCUT2D eigenvalue weighted by atomic mass is 9.91. The number of hydrogen-bond donors (Lipinski definition) is 0. The van der Waals surface area contributed by atoms with Crippen molar-refractivity contribution < 1.29 is 0 Å². The van der Waals surface area contributed by atoms with Gasteiger partial charge in [0, 0.05) is 28.9 Å². The number of aromatic nitrogens is 2. The molecular weight excluding hydrogens is 617 g/mol. The molecule has 0 spiro atoms. The summed E-state index contributed by atoms with van der Waals surface area (Å²) >= 11 is 0. The highest BCUT2D eigenvalue weighted by Crippen LogP contribution is 2.41. The second-order valence-electron chi connectivity index (χ2n) is 13.5. The Bertz CT molecular complexity index is 3150. The van der Waals surface area contributed by atoms with Gasteiger partial charge in [-0.3, -0.25) is 4.98 Å². The van der Waals surface area contributed by atoms with Gasteiger partial charge in [0.1, 0.15) is 0 Å². The predicted octanol–water partition coefficient (Wildman–Crippen LogP) is 13.3. The largest absolute Gasteiger partial charge is 0.309 e. The first-order valence-corrected chi connectivity index (χ1v) is 17.5. The van der Waals surface area contributed by atoms with E-state index in [1.54, 1.807) is 0 Å². The molecule has 2 heteroatoms. The molecule has 51 heavy (non-hydrogen) atoms. The Morgan fingerprint density at radius 1 is 0.314 bits per heavy atom. The molecule has 0 aliphatic rings. The molecule has 9 aromatic carbocycles. The summed E-state index contributed by atoms with van der Waals surface area (Å²) in [4.78, 5) is 4.27. The van der Waals surface area contributed by atoms with Gasteiger partial charge >= 0.3 is 0 Å². The molecule has 0 fully saturated rings. The minimum absolute atomic E-state index is 1.17. The average Bonchev–Trinajstić information content (AvgIpc) is 3.54. The van der Waals surface area contributed by atoms with Crippen molar-refractivity contribution in [2.24, 2.45) is 0 Å². The van der Waals surface area contributed by atoms with Gasteiger partial charge in [0.25, 0.3) is 0 Å². The highest BCUT2D eigenvalue weighted by atomic mass is 15.0. The van der Waals surface area contributed by atoms with E-state index in [-0.39, 0.29) is 0 Å². The van der Waals surface area contributed by atoms with E-state index in [9.17, 15) is 0 Å². The molecule has 0 aliphatic carbocycles. The van der Waals surface area contributed by atoms with Gasteiger partial charge in [0.2, 0.25) is 0 Å². The highest BCUT2D eigenvalue weighted by Gasteiger charge is 2.16. The summed E-state index contributed by atoms with van der Waals surface area (Å²) in [7, 11) is 0. The van der Waals surface area contributed by atoms with Crippen LogP contribution in [-0.2, 0) is 0 Å². The van der Waals surface area contributed by atoms with Crippen molar-refractivity contribution in [3.05, 3.63) is 182 Å². The van der Waals surface area contributed by atoms with Crippen LogP contribution in [0.15, 0.2) is 182 Å². The zero-order chi connectivity index (χ0) is 33.5. The van der Waals surface area contributed by atoms with E-state index in [1.165, 1.54) is 104 Å². The third-order valence-electron chi connectivity index (χ3n) is 10.8. The number of fused-ring (bicyclic) bond motifs is 12. The molecule has 236 valence electrons. The number of hydrogen-bond acceptors (Lipinski definition) is 1. The van der Waals surface area contributed by atoms with Crippen molar-refractivity contribution in [2.75, 3.05) is 0 Å². The van der Waals surface area contributed by atoms with Gasteiger partial charge in [0.15, 0.2) is 0 Å². The van der Waals surface area contributed by atoms with E-state index in [1.807, 2.05) is 12.4 Å². The fourth-order valence-electron chi connectivity index (χ4n) is 8.52. The summed E-state index contributed by atoms with van der Waals surface area (Å²) in [5, 5.41) is 15.2. The lowest BCUT2D eigenvalue weighted by Crippen LogP contribution is -1.94. The van der Waals surface area contributed by atoms with Gasteiger partial charge < -0.3 is 4.57 Å². The van der Waals surface area contributed by atoms with Crippen LogP contribution in [0, 0.1) is 0 Å². The summed E-state index contributed by atoms with van der Waals surface area (Å²) in [5.41, 5.74) is 8.41. The van der Waals surface area contributed by atoms with Crippen molar-refractivity contribution in [3.8, 4) is 27.9 Å². The highest BCUT2D eigenvalue weighted by molar-refractivity contribution is 6.25. The molecule has 0 saturated carbocycles. The van der Waals surface area contributed by atoms with E-state index in [0.717, 1.165) is 0 Å². The molecule has 0 amide bonds. The van der Waals surface area contributed by atoms with Crippen molar-refractivity contribution in [1.29, 1.82) is 0 Å². The molecule has 0 saturated heterocycles. The van der Waals surface area contributed by atoms with Crippen molar-refractivity contribution in [3.63, 3.8) is 0 Å². The van der Waals surface area contributed by atoms with Gasteiger partial charge in [-0.1, -0.05) is 115 Å². The molecule has 0 N–H and O–H groups in total. The number of pyridine rings is 1. The first-order chi connectivity index (χ1) is 25.3. The average molecular weight is 647 g/mol. The smallest absolute Gasteiger partial charge is 0.0541 e. The van der Waals surface area contributed by atoms with Crippen LogP contribution in [-0.4, -0.2) is 9.55 Å². The molecule has 2 aromatic heterocycles. The fourth-order valence-corrected chi connectivity index (χ4v) is 8.52. The Morgan fingerprint density at radius 2 is 0.843 bits per heavy atom. The summed E-state index contributed by atoms with van der Waals surface area (Å²) in [6.07, 6.45) is 3.75. The SMILES string of the molecule is c1ccc2c(c1)cc(-c1ccncc1)c1ccc(-c3ccc4c(c3)c3ccccc3n4-c3ccc4c5ccccc5c5ccccc5c4c3)cc12. The molecule has 2 nitrogen and oxygen atoms in total. The molecule has 0 unspecified atom stereocenters. The Kier molecular flexibility index (Phi) is 5.99. The van der Waals surface area contributed by atoms with Crippen LogP contribution >= 0.6 is 0 Å². The molecule has 0 aliphatic heterocycles. The third-order valence-corrected chi connectivity index (χ3v) is 10.8. The first kappa shape index (κ1) is 28.1. The number of nitrogens with zero attached hydrogens (tertiary/aromatic N) is 2. The first-order valence-electron chi connectivity index (χ1n) is 17.5. The second-order valence-corrected chi connectivity index (χ2v) is 13.5. The van der Waals surface area contributed by atoms with Crippen LogP contribution < -0.4 is 0 Å². The van der Waals surface area contributed by atoms with Crippen LogP contribution in [0.4, 0.5) is 0 Å². The summed E-state index contributed by atoms with van der Waals surface area (Å²) in [6.45, 7) is 0. The lowest BCUT2D eigenvalue weighted by molar-refractivity contribution is 1.19. The van der Waals surface area contributed by atoms with E-state index < -0.39 is 0 Å². The Labute approximate surface area is 294 Å². The standard InChI is InChI=1S/C49H30N2/c1-2-10-36-34(9-1)29-44(31-23-25-50-26-24-31)42-20-17-32(27-45(36)42)33-18-22-49-47(28-33)43-15-7-8-16-48(43)51(49)35-19-21-41-39-13-4-3-11-37(39)38-12-5-6-14-40(38)46(41)30-35/h1-30H. The zero-order valence-corrected chi connectivity index (χ0v) is 27.7. The number of benzene rings is 9. The fraction of sp³-hybridized carbons (Fsp3) is 0. The van der Waals surface area contributed by atoms with E-state index in [0.29, 0.717) is 0 Å². The van der Waals surface area contributed by atoms with Crippen LogP contribution in [0.25, 0.3) is 104 Å². The Morgan fingerprint density at radius 3 is 1.59 bits per heavy atom. The number of para-hydroxylation sites is 1. The summed E-state index contributed by atoms with van der Waals surface area (Å²) < 4.78 is 2.44. The molecular formula is C49H30N2. The van der Waals surface area contributed by atoms with E-state index in [4.69, 9.17) is 0 Å². The summed E-state index contributed by atoms with van der Waals surface area (Å²) in [6, 6.07) is 62.6. The maximum absolute atomic E-state index is 4.27. The third kappa shape index (κ3) is 4.20. The van der Waals surface area contributed by atoms with Crippen molar-refractivity contribution >= 4 is 75.7 Å². The van der Waals surface area contributed by atoms with Crippen LogP contribution in [0.5, 0.6) is 0 Å². The van der Waals surface area contributed by atoms with E-state index >= 15 is 0 Å². The second kappa shape index (κ2) is 10.9. The zero-order valence-electron chi connectivity index (χ0n) is 27.7. The monoisotopic (exact) mass is 646 g/mol. The van der Waals surface area contributed by atoms with E-state index in [2.05, 4.69) is 179 Å². The Hall–Kier alpha value is -6.77. The minimum Gasteiger partial charge on any atom is -0.309 e. The van der Waals surface area contributed by atoms with Gasteiger partial charge in [-0.15, -0.1) is 0 Å². The normalized spacial score (nSPS) is 11.9. The van der Waals surface area contributed by atoms with Crippen LogP contribution in [0.2, 0.25) is 0 Å². The van der Waals surface area contributed by atoms with Gasteiger partial charge in [-0.25, -0.2) is 0 Å². The Balaban J connectivity index is 1.13. The maximum atomic E-state index is 4.27. The maximum Gasteiger partial charge on any atom is 0.0541 e. The van der Waals surface area contributed by atoms with Crippen LogP contribution in [0.3, 0.4) is 0 Å². The summed E-state index contributed by atoms with van der Waals surface area (Å²) in [5.74, 6) is 0.